The van der Waals surface area contributed by atoms with Crippen molar-refractivity contribution in [2.45, 2.75) is 45.8 Å². The van der Waals surface area contributed by atoms with Gasteiger partial charge in [0.05, 0.1) is 7.11 Å². The van der Waals surface area contributed by atoms with Gasteiger partial charge < -0.3 is 19.7 Å². The molecule has 162 valence electrons. The number of amides is 2. The zero-order valence-electron chi connectivity index (χ0n) is 17.9. The van der Waals surface area contributed by atoms with E-state index in [0.29, 0.717) is 22.9 Å². The van der Waals surface area contributed by atoms with E-state index in [1.807, 2.05) is 32.9 Å². The molecule has 7 heteroatoms. The quantitative estimate of drug-likeness (QED) is 0.614. The van der Waals surface area contributed by atoms with Crippen molar-refractivity contribution in [2.75, 3.05) is 13.7 Å². The van der Waals surface area contributed by atoms with Crippen molar-refractivity contribution in [3.8, 4) is 11.5 Å². The van der Waals surface area contributed by atoms with E-state index in [9.17, 15) is 9.59 Å². The molecule has 0 saturated heterocycles. The molecule has 0 heterocycles. The van der Waals surface area contributed by atoms with E-state index >= 15 is 0 Å². The van der Waals surface area contributed by atoms with Crippen molar-refractivity contribution in [2.24, 2.45) is 0 Å². The van der Waals surface area contributed by atoms with Crippen molar-refractivity contribution < 1.29 is 19.1 Å². The van der Waals surface area contributed by atoms with Crippen LogP contribution in [-0.2, 0) is 16.1 Å². The number of halogens is 1. The van der Waals surface area contributed by atoms with Crippen LogP contribution in [-0.4, -0.2) is 42.5 Å². The average Bonchev–Trinajstić information content (AvgIpc) is 2.73. The molecular weight excluding hydrogens is 404 g/mol. The number of carbonyl (C=O) groups excluding carboxylic acids is 2. The molecule has 2 rings (SSSR count). The van der Waals surface area contributed by atoms with Crippen LogP contribution < -0.4 is 14.8 Å². The number of ether oxygens (including phenoxy) is 2. The number of rotatable bonds is 10. The van der Waals surface area contributed by atoms with Crippen LogP contribution in [0.1, 0.15) is 32.8 Å². The summed E-state index contributed by atoms with van der Waals surface area (Å²) in [4.78, 5) is 27.4. The van der Waals surface area contributed by atoms with Gasteiger partial charge in [-0.15, -0.1) is 0 Å². The number of hydrogen-bond donors (Lipinski definition) is 1. The first-order valence-electron chi connectivity index (χ1n) is 9.95. The van der Waals surface area contributed by atoms with Crippen LogP contribution in [0.25, 0.3) is 0 Å². The van der Waals surface area contributed by atoms with Crippen molar-refractivity contribution in [1.29, 1.82) is 0 Å². The standard InChI is InChI=1S/C23H29ClN2O4/c1-5-21(23(28)25-16(2)3)26(14-17-6-8-18(24)9-7-17)22(27)15-30-20-12-10-19(29-4)11-13-20/h6-13,16,21H,5,14-15H2,1-4H3,(H,25,28). The summed E-state index contributed by atoms with van der Waals surface area (Å²) in [6.07, 6.45) is 0.487. The van der Waals surface area contributed by atoms with Gasteiger partial charge in [-0.25, -0.2) is 0 Å². The third-order valence-corrected chi connectivity index (χ3v) is 4.76. The van der Waals surface area contributed by atoms with Crippen LogP contribution >= 0.6 is 11.6 Å². The molecule has 1 atom stereocenters. The summed E-state index contributed by atoms with van der Waals surface area (Å²) in [6, 6.07) is 13.6. The Morgan fingerprint density at radius 3 is 2.17 bits per heavy atom. The molecule has 0 aliphatic carbocycles. The third-order valence-electron chi connectivity index (χ3n) is 4.50. The first kappa shape index (κ1) is 23.5. The SMILES string of the molecule is CCC(C(=O)NC(C)C)N(Cc1ccc(Cl)cc1)C(=O)COc1ccc(OC)cc1. The minimum absolute atomic E-state index is 0.0189. The van der Waals surface area contributed by atoms with Crippen LogP contribution in [0.5, 0.6) is 11.5 Å². The highest BCUT2D eigenvalue weighted by molar-refractivity contribution is 6.30. The van der Waals surface area contributed by atoms with E-state index in [1.165, 1.54) is 0 Å². The van der Waals surface area contributed by atoms with Crippen LogP contribution in [0.4, 0.5) is 0 Å². The van der Waals surface area contributed by atoms with Crippen LogP contribution in [0, 0.1) is 0 Å². The van der Waals surface area contributed by atoms with Gasteiger partial charge in [-0.1, -0.05) is 30.7 Å². The Labute approximate surface area is 183 Å². The van der Waals surface area contributed by atoms with Gasteiger partial charge >= 0.3 is 0 Å². The molecule has 2 aromatic carbocycles. The number of benzene rings is 2. The first-order valence-corrected chi connectivity index (χ1v) is 10.3. The molecule has 0 fully saturated rings. The summed E-state index contributed by atoms with van der Waals surface area (Å²) in [5, 5.41) is 3.52. The largest absolute Gasteiger partial charge is 0.497 e. The van der Waals surface area contributed by atoms with Crippen molar-refractivity contribution in [3.63, 3.8) is 0 Å². The number of methoxy groups -OCH3 is 1. The van der Waals surface area contributed by atoms with E-state index in [1.54, 1.807) is 48.4 Å². The fourth-order valence-corrected chi connectivity index (χ4v) is 3.11. The van der Waals surface area contributed by atoms with Gasteiger partial charge in [0.1, 0.15) is 17.5 Å². The molecule has 0 aromatic heterocycles. The van der Waals surface area contributed by atoms with Gasteiger partial charge in [-0.3, -0.25) is 9.59 Å². The van der Waals surface area contributed by atoms with Crippen molar-refractivity contribution >= 4 is 23.4 Å². The summed E-state index contributed by atoms with van der Waals surface area (Å²) in [7, 11) is 1.58. The second-order valence-corrected chi connectivity index (χ2v) is 7.64. The maximum atomic E-state index is 13.1. The number of nitrogens with zero attached hydrogens (tertiary/aromatic N) is 1. The van der Waals surface area contributed by atoms with Gasteiger partial charge in [-0.05, 0) is 62.2 Å². The first-order chi connectivity index (χ1) is 14.3. The molecule has 1 unspecified atom stereocenters. The highest BCUT2D eigenvalue weighted by Gasteiger charge is 2.29. The van der Waals surface area contributed by atoms with Gasteiger partial charge in [-0.2, -0.15) is 0 Å². The third kappa shape index (κ3) is 6.95. The molecule has 0 aliphatic heterocycles. The Morgan fingerprint density at radius 2 is 1.63 bits per heavy atom. The molecule has 0 saturated carbocycles. The predicted octanol–water partition coefficient (Wildman–Crippen LogP) is 4.06. The monoisotopic (exact) mass is 432 g/mol. The summed E-state index contributed by atoms with van der Waals surface area (Å²) in [5.74, 6) is 0.801. The zero-order chi connectivity index (χ0) is 22.1. The van der Waals surface area contributed by atoms with E-state index in [0.717, 1.165) is 5.56 Å². The minimum Gasteiger partial charge on any atom is -0.497 e. The van der Waals surface area contributed by atoms with Crippen molar-refractivity contribution in [3.05, 3.63) is 59.1 Å². The van der Waals surface area contributed by atoms with E-state index in [4.69, 9.17) is 21.1 Å². The lowest BCUT2D eigenvalue weighted by molar-refractivity contribution is -0.143. The number of hydrogen-bond acceptors (Lipinski definition) is 4. The Balaban J connectivity index is 2.17. The molecule has 0 bridgehead atoms. The molecule has 1 N–H and O–H groups in total. The van der Waals surface area contributed by atoms with Gasteiger partial charge in [0.25, 0.3) is 5.91 Å². The van der Waals surface area contributed by atoms with Crippen molar-refractivity contribution in [1.82, 2.24) is 10.2 Å². The van der Waals surface area contributed by atoms with Gasteiger partial charge in [0.2, 0.25) is 5.91 Å². The molecule has 0 spiro atoms. The Hall–Kier alpha value is -2.73. The summed E-state index contributed by atoms with van der Waals surface area (Å²) in [6.45, 7) is 5.78. The van der Waals surface area contributed by atoms with Gasteiger partial charge in [0, 0.05) is 17.6 Å². The second-order valence-electron chi connectivity index (χ2n) is 7.20. The van der Waals surface area contributed by atoms with E-state index in [-0.39, 0.29) is 31.0 Å². The molecule has 2 amide bonds. The maximum absolute atomic E-state index is 13.1. The van der Waals surface area contributed by atoms with E-state index < -0.39 is 6.04 Å². The van der Waals surface area contributed by atoms with Gasteiger partial charge in [0.15, 0.2) is 6.61 Å². The molecule has 30 heavy (non-hydrogen) atoms. The molecule has 2 aromatic rings. The smallest absolute Gasteiger partial charge is 0.261 e. The average molecular weight is 433 g/mol. The number of nitrogens with one attached hydrogen (secondary N) is 1. The van der Waals surface area contributed by atoms with Crippen LogP contribution in [0.15, 0.2) is 48.5 Å². The second kappa shape index (κ2) is 11.5. The fraction of sp³-hybridized carbons (Fsp3) is 0.391. The summed E-state index contributed by atoms with van der Waals surface area (Å²) in [5.41, 5.74) is 0.882. The van der Waals surface area contributed by atoms with E-state index in [2.05, 4.69) is 5.32 Å². The minimum atomic E-state index is -0.602. The predicted molar refractivity (Wildman–Crippen MR) is 118 cm³/mol. The lowest BCUT2D eigenvalue weighted by Gasteiger charge is -2.31. The zero-order valence-corrected chi connectivity index (χ0v) is 18.6. The Morgan fingerprint density at radius 1 is 1.03 bits per heavy atom. The highest BCUT2D eigenvalue weighted by Crippen LogP contribution is 2.19. The molecular formula is C23H29ClN2O4. The summed E-state index contributed by atoms with van der Waals surface area (Å²) >= 11 is 5.97. The maximum Gasteiger partial charge on any atom is 0.261 e. The lowest BCUT2D eigenvalue weighted by atomic mass is 10.1. The van der Waals surface area contributed by atoms with Crippen LogP contribution in [0.3, 0.4) is 0 Å². The molecule has 0 aliphatic rings. The number of carbonyl (C=O) groups is 2. The topological polar surface area (TPSA) is 67.9 Å². The molecule has 6 nitrogen and oxygen atoms in total. The fourth-order valence-electron chi connectivity index (χ4n) is 2.99. The Kier molecular flexibility index (Phi) is 8.99. The lowest BCUT2D eigenvalue weighted by Crippen LogP contribution is -2.51. The summed E-state index contributed by atoms with van der Waals surface area (Å²) < 4.78 is 10.8. The normalized spacial score (nSPS) is 11.7. The van der Waals surface area contributed by atoms with Crippen LogP contribution in [0.2, 0.25) is 5.02 Å². The molecule has 0 radical (unpaired) electrons. The highest BCUT2D eigenvalue weighted by atomic mass is 35.5. The Bertz CT molecular complexity index is 822.